The van der Waals surface area contributed by atoms with E-state index in [1.807, 2.05) is 24.3 Å². The Labute approximate surface area is 216 Å². The number of rotatable bonds is 10. The average Bonchev–Trinajstić information content (AvgIpc) is 2.88. The number of benzene rings is 2. The van der Waals surface area contributed by atoms with Gasteiger partial charge >= 0.3 is 0 Å². The molecule has 1 aromatic heterocycles. The van der Waals surface area contributed by atoms with Gasteiger partial charge in [0, 0.05) is 23.5 Å². The lowest BCUT2D eigenvalue weighted by Crippen LogP contribution is -2.36. The van der Waals surface area contributed by atoms with Gasteiger partial charge in [-0.2, -0.15) is 0 Å². The van der Waals surface area contributed by atoms with Crippen molar-refractivity contribution in [3.05, 3.63) is 58.9 Å². The van der Waals surface area contributed by atoms with Crippen LogP contribution < -0.4 is 10.1 Å². The first-order valence-corrected chi connectivity index (χ1v) is 12.9. The molecule has 3 aromatic rings. The van der Waals surface area contributed by atoms with Crippen LogP contribution in [0.2, 0.25) is 5.02 Å². The molecular formula is C28H33ClFN3O3. The Balaban J connectivity index is 1.55. The molecule has 1 aliphatic rings. The molecule has 2 N–H and O–H groups in total. The standard InChI is InChI=1S/C28H33ClFN3O3/c1-19(18-34)31-27(35)17-22-14-21-15-23(36-13-5-12-33-10-3-2-4-11-33)7-9-26(21)32-28(22)20-6-8-25(30)24(29)16-20/h6-9,14-16,19,34H,2-5,10-13,17-18H2,1H3,(H,31,35)/t19-/m0/s1. The Morgan fingerprint density at radius 1 is 1.19 bits per heavy atom. The van der Waals surface area contributed by atoms with Gasteiger partial charge in [-0.25, -0.2) is 9.37 Å². The number of nitrogens with zero attached hydrogens (tertiary/aromatic N) is 2. The minimum absolute atomic E-state index is 0.00741. The molecule has 2 aromatic carbocycles. The molecule has 1 atom stereocenters. The van der Waals surface area contributed by atoms with Crippen molar-refractivity contribution in [1.82, 2.24) is 15.2 Å². The summed E-state index contributed by atoms with van der Waals surface area (Å²) in [6.45, 7) is 5.61. The number of likely N-dealkylation sites (tertiary alicyclic amines) is 1. The number of aromatic nitrogens is 1. The van der Waals surface area contributed by atoms with Gasteiger partial charge in [0.1, 0.15) is 11.6 Å². The molecule has 2 heterocycles. The highest BCUT2D eigenvalue weighted by atomic mass is 35.5. The van der Waals surface area contributed by atoms with Crippen molar-refractivity contribution in [2.24, 2.45) is 0 Å². The molecule has 1 saturated heterocycles. The maximum absolute atomic E-state index is 13.8. The van der Waals surface area contributed by atoms with Crippen LogP contribution in [-0.4, -0.2) is 59.8 Å². The monoisotopic (exact) mass is 513 g/mol. The number of nitrogens with one attached hydrogen (secondary N) is 1. The lowest BCUT2D eigenvalue weighted by molar-refractivity contribution is -0.121. The van der Waals surface area contributed by atoms with E-state index in [0.717, 1.165) is 29.6 Å². The van der Waals surface area contributed by atoms with Crippen molar-refractivity contribution >= 4 is 28.4 Å². The van der Waals surface area contributed by atoms with E-state index >= 15 is 0 Å². The highest BCUT2D eigenvalue weighted by Gasteiger charge is 2.16. The van der Waals surface area contributed by atoms with Gasteiger partial charge < -0.3 is 20.1 Å². The summed E-state index contributed by atoms with van der Waals surface area (Å²) in [7, 11) is 0. The summed E-state index contributed by atoms with van der Waals surface area (Å²) in [6.07, 6.45) is 4.92. The van der Waals surface area contributed by atoms with E-state index in [-0.39, 0.29) is 30.0 Å². The van der Waals surface area contributed by atoms with E-state index in [1.165, 1.54) is 44.5 Å². The van der Waals surface area contributed by atoms with Gasteiger partial charge in [0.2, 0.25) is 5.91 Å². The normalized spacial score (nSPS) is 15.1. The maximum Gasteiger partial charge on any atom is 0.224 e. The lowest BCUT2D eigenvalue weighted by atomic mass is 10.00. The third-order valence-electron chi connectivity index (χ3n) is 6.43. The molecule has 0 aliphatic carbocycles. The molecular weight excluding hydrogens is 481 g/mol. The number of hydrogen-bond donors (Lipinski definition) is 2. The number of piperidine rings is 1. The second-order valence-corrected chi connectivity index (χ2v) is 9.82. The number of aliphatic hydroxyl groups is 1. The zero-order chi connectivity index (χ0) is 25.5. The zero-order valence-corrected chi connectivity index (χ0v) is 21.4. The number of halogens is 2. The molecule has 8 heteroatoms. The van der Waals surface area contributed by atoms with E-state index < -0.39 is 5.82 Å². The van der Waals surface area contributed by atoms with Crippen LogP contribution in [0, 0.1) is 5.82 Å². The highest BCUT2D eigenvalue weighted by molar-refractivity contribution is 6.31. The van der Waals surface area contributed by atoms with E-state index in [2.05, 4.69) is 10.2 Å². The number of amides is 1. The summed E-state index contributed by atoms with van der Waals surface area (Å²) in [5.41, 5.74) is 2.60. The molecule has 0 saturated carbocycles. The van der Waals surface area contributed by atoms with Crippen LogP contribution in [0.4, 0.5) is 4.39 Å². The fourth-order valence-electron chi connectivity index (χ4n) is 4.52. The third kappa shape index (κ3) is 6.93. The van der Waals surface area contributed by atoms with E-state index in [9.17, 15) is 14.3 Å². The molecule has 6 nitrogen and oxygen atoms in total. The number of pyridine rings is 1. The van der Waals surface area contributed by atoms with Crippen LogP contribution in [0.15, 0.2) is 42.5 Å². The van der Waals surface area contributed by atoms with Crippen molar-refractivity contribution in [2.45, 2.75) is 45.1 Å². The number of aliphatic hydroxyl groups excluding tert-OH is 1. The van der Waals surface area contributed by atoms with Crippen LogP contribution in [-0.2, 0) is 11.2 Å². The van der Waals surface area contributed by atoms with Crippen LogP contribution in [0.1, 0.15) is 38.2 Å². The maximum atomic E-state index is 13.8. The first kappa shape index (κ1) is 26.3. The van der Waals surface area contributed by atoms with Crippen LogP contribution >= 0.6 is 11.6 Å². The zero-order valence-electron chi connectivity index (χ0n) is 20.6. The predicted molar refractivity (Wildman–Crippen MR) is 141 cm³/mol. The summed E-state index contributed by atoms with van der Waals surface area (Å²) < 4.78 is 19.8. The van der Waals surface area contributed by atoms with Gasteiger partial charge in [-0.15, -0.1) is 0 Å². The van der Waals surface area contributed by atoms with E-state index in [0.29, 0.717) is 23.4 Å². The molecule has 1 aliphatic heterocycles. The number of hydrogen-bond acceptors (Lipinski definition) is 5. The highest BCUT2D eigenvalue weighted by Crippen LogP contribution is 2.30. The summed E-state index contributed by atoms with van der Waals surface area (Å²) >= 11 is 6.03. The van der Waals surface area contributed by atoms with Crippen LogP contribution in [0.5, 0.6) is 5.75 Å². The Kier molecular flexibility index (Phi) is 9.13. The van der Waals surface area contributed by atoms with E-state index in [1.54, 1.807) is 13.0 Å². The summed E-state index contributed by atoms with van der Waals surface area (Å²) in [6, 6.07) is 11.7. The van der Waals surface area contributed by atoms with Crippen molar-refractivity contribution < 1.29 is 19.0 Å². The lowest BCUT2D eigenvalue weighted by Gasteiger charge is -2.26. The number of fused-ring (bicyclic) bond motifs is 1. The number of carbonyl (C=O) groups is 1. The topological polar surface area (TPSA) is 74.7 Å². The first-order chi connectivity index (χ1) is 17.4. The second-order valence-electron chi connectivity index (χ2n) is 9.41. The van der Waals surface area contributed by atoms with Gasteiger partial charge in [-0.1, -0.05) is 18.0 Å². The number of ether oxygens (including phenoxy) is 1. The molecule has 1 amide bonds. The summed E-state index contributed by atoms with van der Waals surface area (Å²) in [4.78, 5) is 19.9. The fourth-order valence-corrected chi connectivity index (χ4v) is 4.70. The minimum atomic E-state index is -0.514. The van der Waals surface area contributed by atoms with Gasteiger partial charge in [-0.3, -0.25) is 4.79 Å². The fraction of sp³-hybridized carbons (Fsp3) is 0.429. The van der Waals surface area contributed by atoms with Gasteiger partial charge in [0.25, 0.3) is 0 Å². The molecule has 0 bridgehead atoms. The number of carbonyl (C=O) groups excluding carboxylic acids is 1. The molecule has 0 spiro atoms. The summed E-state index contributed by atoms with van der Waals surface area (Å²) in [5, 5.41) is 12.9. The summed E-state index contributed by atoms with van der Waals surface area (Å²) in [5.74, 6) is 0.00134. The Morgan fingerprint density at radius 2 is 2.00 bits per heavy atom. The van der Waals surface area contributed by atoms with Crippen molar-refractivity contribution in [1.29, 1.82) is 0 Å². The Hall–Kier alpha value is -2.74. The smallest absolute Gasteiger partial charge is 0.224 e. The third-order valence-corrected chi connectivity index (χ3v) is 6.72. The molecule has 0 unspecified atom stereocenters. The van der Waals surface area contributed by atoms with Gasteiger partial charge in [0.05, 0.1) is 35.9 Å². The van der Waals surface area contributed by atoms with E-state index in [4.69, 9.17) is 21.3 Å². The molecule has 0 radical (unpaired) electrons. The molecule has 4 rings (SSSR count). The van der Waals surface area contributed by atoms with Crippen molar-refractivity contribution in [3.63, 3.8) is 0 Å². The quantitative estimate of drug-likeness (QED) is 0.374. The van der Waals surface area contributed by atoms with Gasteiger partial charge in [-0.05, 0) is 87.3 Å². The minimum Gasteiger partial charge on any atom is -0.494 e. The molecule has 192 valence electrons. The van der Waals surface area contributed by atoms with Gasteiger partial charge in [0.15, 0.2) is 0 Å². The largest absolute Gasteiger partial charge is 0.494 e. The SMILES string of the molecule is C[C@@H](CO)NC(=O)Cc1cc2cc(OCCCN3CCCCC3)ccc2nc1-c1ccc(F)c(Cl)c1. The average molecular weight is 514 g/mol. The van der Waals surface area contributed by atoms with Crippen LogP contribution in [0.25, 0.3) is 22.2 Å². The second kappa shape index (κ2) is 12.5. The van der Waals surface area contributed by atoms with Crippen LogP contribution in [0.3, 0.4) is 0 Å². The Bertz CT molecular complexity index is 1200. The van der Waals surface area contributed by atoms with Crippen molar-refractivity contribution in [2.75, 3.05) is 32.8 Å². The molecule has 36 heavy (non-hydrogen) atoms. The van der Waals surface area contributed by atoms with Crippen molar-refractivity contribution in [3.8, 4) is 17.0 Å². The Morgan fingerprint density at radius 3 is 2.75 bits per heavy atom. The first-order valence-electron chi connectivity index (χ1n) is 12.6. The molecule has 1 fully saturated rings. The predicted octanol–water partition coefficient (Wildman–Crippen LogP) is 4.99.